The summed E-state index contributed by atoms with van der Waals surface area (Å²) in [5, 5.41) is 12.5. The first-order valence-electron chi connectivity index (χ1n) is 11.6. The van der Waals surface area contributed by atoms with Gasteiger partial charge in [0.2, 0.25) is 5.82 Å². The fraction of sp³-hybridized carbons (Fsp3) is 0.292. The molecule has 1 saturated heterocycles. The number of carbonyl (C=O) groups is 2. The molecule has 0 atom stereocenters. The van der Waals surface area contributed by atoms with Crippen LogP contribution in [-0.2, 0) is 10.5 Å². The largest absolute Gasteiger partial charge is 0.461 e. The Balaban J connectivity index is 1.27. The number of hydrogen-bond acceptors (Lipinski definition) is 9. The Bertz CT molecular complexity index is 1380. The van der Waals surface area contributed by atoms with Gasteiger partial charge in [-0.05, 0) is 37.3 Å². The summed E-state index contributed by atoms with van der Waals surface area (Å²) in [7, 11) is 0. The molecule has 1 fully saturated rings. The van der Waals surface area contributed by atoms with E-state index in [0.717, 1.165) is 10.7 Å². The van der Waals surface area contributed by atoms with Crippen LogP contribution in [0.15, 0.2) is 57.6 Å². The maximum absolute atomic E-state index is 13.0. The van der Waals surface area contributed by atoms with E-state index in [4.69, 9.17) is 20.8 Å². The first-order valence-corrected chi connectivity index (χ1v) is 13.8. The number of thiazole rings is 1. The minimum Gasteiger partial charge on any atom is -0.461 e. The Kier molecular flexibility index (Phi) is 7.77. The van der Waals surface area contributed by atoms with Gasteiger partial charge < -0.3 is 19.0 Å². The average Bonchev–Trinajstić information content (AvgIpc) is 3.68. The summed E-state index contributed by atoms with van der Waals surface area (Å²) in [4.78, 5) is 32.8. The van der Waals surface area contributed by atoms with Crippen molar-refractivity contribution in [3.63, 3.8) is 0 Å². The standard InChI is InChI=1S/C24H23ClN6O4S2/c1-2-34-24(33)30-10-8-29(9-11-30)22(32)18-14-36-20(26-18)15-37-23-28-27-21(19-7-4-12-35-19)31(23)17-6-3-5-16(25)13-17/h3-7,12-14H,2,8-11,15H2,1H3. The third-order valence-corrected chi connectivity index (χ3v) is 7.84. The molecule has 0 unspecified atom stereocenters. The quantitative estimate of drug-likeness (QED) is 0.296. The Morgan fingerprint density at radius 1 is 1.14 bits per heavy atom. The summed E-state index contributed by atoms with van der Waals surface area (Å²) in [6.45, 7) is 3.87. The number of rotatable bonds is 7. The minimum atomic E-state index is -0.344. The third kappa shape index (κ3) is 5.65. The molecular weight excluding hydrogens is 536 g/mol. The van der Waals surface area contributed by atoms with Crippen molar-refractivity contribution >= 4 is 46.7 Å². The van der Waals surface area contributed by atoms with Crippen molar-refractivity contribution in [1.29, 1.82) is 0 Å². The Labute approximate surface area is 226 Å². The molecule has 1 aliphatic heterocycles. The van der Waals surface area contributed by atoms with Crippen LogP contribution in [0.1, 0.15) is 22.4 Å². The molecule has 13 heteroatoms. The number of nitrogens with zero attached hydrogens (tertiary/aromatic N) is 6. The van der Waals surface area contributed by atoms with Crippen molar-refractivity contribution in [3.8, 4) is 17.3 Å². The number of piperazine rings is 1. The topological polar surface area (TPSA) is 107 Å². The molecule has 4 heterocycles. The zero-order valence-corrected chi connectivity index (χ0v) is 22.3. The second-order valence-corrected chi connectivity index (χ2v) is 10.3. The molecule has 1 aliphatic rings. The number of carbonyl (C=O) groups excluding carboxylic acids is 2. The number of ether oxygens (including phenoxy) is 1. The van der Waals surface area contributed by atoms with Crippen LogP contribution >= 0.6 is 34.7 Å². The van der Waals surface area contributed by atoms with E-state index in [1.807, 2.05) is 28.8 Å². The van der Waals surface area contributed by atoms with Crippen LogP contribution in [0.3, 0.4) is 0 Å². The fourth-order valence-electron chi connectivity index (χ4n) is 3.85. The molecule has 192 valence electrons. The molecular formula is C24H23ClN6O4S2. The average molecular weight is 559 g/mol. The van der Waals surface area contributed by atoms with Crippen LogP contribution < -0.4 is 0 Å². The summed E-state index contributed by atoms with van der Waals surface area (Å²) < 4.78 is 12.5. The molecule has 0 N–H and O–H groups in total. The minimum absolute atomic E-state index is 0.141. The highest BCUT2D eigenvalue weighted by molar-refractivity contribution is 7.98. The molecule has 2 amide bonds. The van der Waals surface area contributed by atoms with E-state index < -0.39 is 0 Å². The van der Waals surface area contributed by atoms with E-state index in [0.29, 0.717) is 66.0 Å². The summed E-state index contributed by atoms with van der Waals surface area (Å²) in [6.07, 6.45) is 1.24. The number of amides is 2. The maximum Gasteiger partial charge on any atom is 0.409 e. The smallest absolute Gasteiger partial charge is 0.409 e. The van der Waals surface area contributed by atoms with Gasteiger partial charge in [0, 0.05) is 36.6 Å². The Morgan fingerprint density at radius 2 is 1.95 bits per heavy atom. The lowest BCUT2D eigenvalue weighted by Crippen LogP contribution is -2.50. The summed E-state index contributed by atoms with van der Waals surface area (Å²) in [5.74, 6) is 1.51. The van der Waals surface area contributed by atoms with Crippen molar-refractivity contribution in [2.24, 2.45) is 0 Å². The van der Waals surface area contributed by atoms with E-state index in [2.05, 4.69) is 15.2 Å². The Morgan fingerprint density at radius 3 is 2.68 bits per heavy atom. The second kappa shape index (κ2) is 11.4. The van der Waals surface area contributed by atoms with Crippen LogP contribution in [0.2, 0.25) is 5.02 Å². The van der Waals surface area contributed by atoms with Crippen molar-refractivity contribution in [3.05, 3.63) is 63.8 Å². The van der Waals surface area contributed by atoms with Gasteiger partial charge in [-0.2, -0.15) is 0 Å². The van der Waals surface area contributed by atoms with Gasteiger partial charge in [0.15, 0.2) is 10.9 Å². The number of furan rings is 1. The lowest BCUT2D eigenvalue weighted by Gasteiger charge is -2.33. The summed E-state index contributed by atoms with van der Waals surface area (Å²) >= 11 is 9.12. The van der Waals surface area contributed by atoms with Crippen molar-refractivity contribution < 1.29 is 18.7 Å². The molecule has 0 spiro atoms. The number of halogens is 1. The Hall–Kier alpha value is -3.35. The van der Waals surface area contributed by atoms with Crippen LogP contribution in [-0.4, -0.2) is 74.3 Å². The molecule has 10 nitrogen and oxygen atoms in total. The zero-order chi connectivity index (χ0) is 25.8. The SMILES string of the molecule is CCOC(=O)N1CCN(C(=O)c2csc(CSc3nnc(-c4ccco4)n3-c3cccc(Cl)c3)n2)CC1. The van der Waals surface area contributed by atoms with Gasteiger partial charge in [-0.1, -0.05) is 29.4 Å². The van der Waals surface area contributed by atoms with E-state index in [-0.39, 0.29) is 12.0 Å². The van der Waals surface area contributed by atoms with Crippen LogP contribution in [0, 0.1) is 0 Å². The zero-order valence-electron chi connectivity index (χ0n) is 19.9. The first kappa shape index (κ1) is 25.3. The lowest BCUT2D eigenvalue weighted by atomic mass is 10.3. The summed E-state index contributed by atoms with van der Waals surface area (Å²) in [5.41, 5.74) is 1.21. The van der Waals surface area contributed by atoms with E-state index in [1.165, 1.54) is 23.1 Å². The van der Waals surface area contributed by atoms with E-state index >= 15 is 0 Å². The molecule has 5 rings (SSSR count). The number of thioether (sulfide) groups is 1. The number of aromatic nitrogens is 4. The molecule has 0 radical (unpaired) electrons. The van der Waals surface area contributed by atoms with Gasteiger partial charge in [0.25, 0.3) is 5.91 Å². The van der Waals surface area contributed by atoms with Gasteiger partial charge in [-0.25, -0.2) is 9.78 Å². The van der Waals surface area contributed by atoms with Crippen molar-refractivity contribution in [2.45, 2.75) is 17.8 Å². The third-order valence-electron chi connectivity index (χ3n) is 5.63. The molecule has 3 aromatic heterocycles. The molecule has 1 aromatic carbocycles. The van der Waals surface area contributed by atoms with Crippen molar-refractivity contribution in [2.75, 3.05) is 32.8 Å². The molecule has 0 aliphatic carbocycles. The van der Waals surface area contributed by atoms with Gasteiger partial charge in [0.1, 0.15) is 10.7 Å². The maximum atomic E-state index is 13.0. The first-order chi connectivity index (χ1) is 18.0. The van der Waals surface area contributed by atoms with Crippen LogP contribution in [0.25, 0.3) is 17.3 Å². The van der Waals surface area contributed by atoms with Crippen LogP contribution in [0.4, 0.5) is 4.79 Å². The highest BCUT2D eigenvalue weighted by Crippen LogP contribution is 2.31. The highest BCUT2D eigenvalue weighted by atomic mass is 35.5. The van der Waals surface area contributed by atoms with Gasteiger partial charge in [0.05, 0.1) is 24.3 Å². The second-order valence-electron chi connectivity index (χ2n) is 7.99. The predicted molar refractivity (Wildman–Crippen MR) is 140 cm³/mol. The summed E-state index contributed by atoms with van der Waals surface area (Å²) in [6, 6.07) is 11.1. The fourth-order valence-corrected chi connectivity index (χ4v) is 5.77. The lowest BCUT2D eigenvalue weighted by molar-refractivity contribution is 0.0566. The van der Waals surface area contributed by atoms with Gasteiger partial charge in [-0.3, -0.25) is 9.36 Å². The van der Waals surface area contributed by atoms with Gasteiger partial charge >= 0.3 is 6.09 Å². The number of benzene rings is 1. The molecule has 0 saturated carbocycles. The van der Waals surface area contributed by atoms with E-state index in [1.54, 1.807) is 40.5 Å². The van der Waals surface area contributed by atoms with Crippen molar-refractivity contribution in [1.82, 2.24) is 29.5 Å². The van der Waals surface area contributed by atoms with Crippen LogP contribution in [0.5, 0.6) is 0 Å². The normalized spacial score (nSPS) is 13.7. The molecule has 37 heavy (non-hydrogen) atoms. The highest BCUT2D eigenvalue weighted by Gasteiger charge is 2.27. The monoisotopic (exact) mass is 558 g/mol. The molecule has 4 aromatic rings. The number of hydrogen-bond donors (Lipinski definition) is 0. The van der Waals surface area contributed by atoms with E-state index in [9.17, 15) is 9.59 Å². The molecule has 0 bridgehead atoms. The van der Waals surface area contributed by atoms with Gasteiger partial charge in [-0.15, -0.1) is 21.5 Å². The predicted octanol–water partition coefficient (Wildman–Crippen LogP) is 4.84.